The van der Waals surface area contributed by atoms with Crippen molar-refractivity contribution in [3.8, 4) is 0 Å². The van der Waals surface area contributed by atoms with Gasteiger partial charge in [-0.25, -0.2) is 0 Å². The Morgan fingerprint density at radius 2 is 0.657 bits per heavy atom. The van der Waals surface area contributed by atoms with Gasteiger partial charge in [-0.2, -0.15) is 0 Å². The first-order valence-corrected chi connectivity index (χ1v) is 26.6. The summed E-state index contributed by atoms with van der Waals surface area (Å²) in [4.78, 5) is 14.9. The lowest BCUT2D eigenvalue weighted by Gasteiger charge is -2.44. The number of hydrogen-bond acceptors (Lipinski definition) is 1. The number of hydrogen-bond donors (Lipinski definition) is 0. The highest BCUT2D eigenvalue weighted by atomic mass is 31.1. The molecule has 1 aliphatic heterocycles. The summed E-state index contributed by atoms with van der Waals surface area (Å²) in [6.45, 7) is 28.1. The normalized spacial score (nSPS) is 17.4. The second-order valence-corrected chi connectivity index (χ2v) is 23.3. The van der Waals surface area contributed by atoms with Crippen LogP contribution in [0.2, 0.25) is 0 Å². The minimum Gasteiger partial charge on any atom is -0.300 e. The number of carbonyl (C=O) groups excluding carboxylic acids is 1. The fourth-order valence-corrected chi connectivity index (χ4v) is 16.2. The molecule has 344 valence electrons. The quantitative estimate of drug-likeness (QED) is 0.0832. The third kappa shape index (κ3) is 9.44. The number of Topliss-reactive ketones (excluding diaryl/α,β-unsaturated/α-hetero) is 1. The minimum atomic E-state index is -1.13. The summed E-state index contributed by atoms with van der Waals surface area (Å²) in [7, 11) is -1.13. The van der Waals surface area contributed by atoms with Crippen LogP contribution in [0.3, 0.4) is 0 Å². The molecule has 1 fully saturated rings. The molecule has 1 nitrogen and oxygen atoms in total. The number of aryl methyl sites for hydroxylation is 4. The van der Waals surface area contributed by atoms with Gasteiger partial charge in [0, 0.05) is 36.0 Å². The van der Waals surface area contributed by atoms with Gasteiger partial charge in [0.2, 0.25) is 0 Å². The molecule has 0 bridgehead atoms. The summed E-state index contributed by atoms with van der Waals surface area (Å²) < 4.78 is 0. The average Bonchev–Trinajstić information content (AvgIpc) is 3.30. The van der Waals surface area contributed by atoms with E-state index < -0.39 is 7.92 Å². The number of ketones is 1. The summed E-state index contributed by atoms with van der Waals surface area (Å²) in [6.07, 6.45) is 1.08. The molecule has 8 rings (SSSR count). The second kappa shape index (κ2) is 20.5. The number of carbonyl (C=O) groups is 1. The second-order valence-electron chi connectivity index (χ2n) is 20.8. The Bertz CT molecular complexity index is 2560. The van der Waals surface area contributed by atoms with Crippen molar-refractivity contribution in [1.29, 1.82) is 0 Å². The Morgan fingerprint density at radius 1 is 0.373 bits per heavy atom. The van der Waals surface area contributed by atoms with Gasteiger partial charge >= 0.3 is 0 Å². The third-order valence-corrected chi connectivity index (χ3v) is 18.2. The Morgan fingerprint density at radius 3 is 0.955 bits per heavy atom. The van der Waals surface area contributed by atoms with Gasteiger partial charge in [-0.3, -0.25) is 4.79 Å². The molecule has 0 aromatic heterocycles. The monoisotopic (exact) mass is 901 g/mol. The molecule has 0 radical (unpaired) electrons. The van der Waals surface area contributed by atoms with Crippen molar-refractivity contribution in [2.75, 3.05) is 0 Å². The van der Waals surface area contributed by atoms with Crippen molar-refractivity contribution in [1.82, 2.24) is 0 Å². The average molecular weight is 901 g/mol. The molecular weight excluding hydrogens is 828 g/mol. The van der Waals surface area contributed by atoms with Crippen LogP contribution in [0.25, 0.3) is 0 Å². The van der Waals surface area contributed by atoms with Gasteiger partial charge < -0.3 is 0 Å². The molecule has 0 N–H and O–H groups in total. The lowest BCUT2D eigenvalue weighted by Crippen LogP contribution is -2.31. The summed E-state index contributed by atoms with van der Waals surface area (Å²) >= 11 is 0. The van der Waals surface area contributed by atoms with E-state index in [1.165, 1.54) is 94.3 Å². The van der Waals surface area contributed by atoms with Crippen molar-refractivity contribution in [2.24, 2.45) is 0 Å². The van der Waals surface area contributed by atoms with Crippen LogP contribution in [-0.2, 0) is 4.79 Å². The topological polar surface area (TPSA) is 17.1 Å². The van der Waals surface area contributed by atoms with Crippen LogP contribution in [0.5, 0.6) is 0 Å². The van der Waals surface area contributed by atoms with E-state index in [-0.39, 0.29) is 23.2 Å². The molecule has 1 aliphatic rings. The molecule has 7 aromatic carbocycles. The van der Waals surface area contributed by atoms with Gasteiger partial charge in [0.25, 0.3) is 0 Å². The Balaban J connectivity index is 1.64. The van der Waals surface area contributed by atoms with Crippen molar-refractivity contribution in [2.45, 2.75) is 143 Å². The van der Waals surface area contributed by atoms with Crippen LogP contribution < -0.4 is 5.30 Å². The predicted molar refractivity (Wildman–Crippen MR) is 289 cm³/mol. The zero-order chi connectivity index (χ0) is 47.7. The highest BCUT2D eigenvalue weighted by Gasteiger charge is 2.45. The molecule has 4 atom stereocenters. The molecule has 0 spiro atoms. The van der Waals surface area contributed by atoms with Crippen LogP contribution in [0.1, 0.15) is 204 Å². The van der Waals surface area contributed by atoms with Crippen molar-refractivity contribution < 1.29 is 4.79 Å². The molecule has 1 heterocycles. The molecule has 2 heteroatoms. The highest BCUT2D eigenvalue weighted by molar-refractivity contribution is 7.66. The Kier molecular flexibility index (Phi) is 14.7. The van der Waals surface area contributed by atoms with Crippen LogP contribution >= 0.6 is 7.92 Å². The van der Waals surface area contributed by atoms with Gasteiger partial charge in [0.05, 0.1) is 0 Å². The zero-order valence-corrected chi connectivity index (χ0v) is 43.2. The van der Waals surface area contributed by atoms with Gasteiger partial charge in [-0.15, -0.1) is 0 Å². The van der Waals surface area contributed by atoms with E-state index in [9.17, 15) is 4.79 Å². The maximum Gasteiger partial charge on any atom is 0.134 e. The molecule has 4 unspecified atom stereocenters. The highest BCUT2D eigenvalue weighted by Crippen LogP contribution is 2.69. The smallest absolute Gasteiger partial charge is 0.134 e. The van der Waals surface area contributed by atoms with Crippen LogP contribution in [0.15, 0.2) is 152 Å². The van der Waals surface area contributed by atoms with Gasteiger partial charge in [0.15, 0.2) is 0 Å². The lowest BCUT2D eigenvalue weighted by atomic mass is 9.73. The van der Waals surface area contributed by atoms with Crippen molar-refractivity contribution in [3.63, 3.8) is 0 Å². The summed E-state index contributed by atoms with van der Waals surface area (Å²) in [5.74, 6) is 1.54. The number of rotatable bonds is 13. The van der Waals surface area contributed by atoms with E-state index >= 15 is 0 Å². The lowest BCUT2D eigenvalue weighted by molar-refractivity contribution is -0.119. The standard InChI is InChI=1S/C65H73OP/c1-40(2)51-32-21-33-52(41(3)4)63(51)61(48-28-15-13-16-29-48)55-36-23-37-56(62(49-30-17-14-18-31-49)64-53(42(5)6)34-22-35-54(64)43(7)8)65(55)67-57(59-44(9)24-19-25-45(59)10)38-50(66)39-58(67)60-46(11)26-20-27-47(60)12/h13-37,40-43,57-58,61-62H,38-39H2,1-12H3. The zero-order valence-electron chi connectivity index (χ0n) is 42.3. The van der Waals surface area contributed by atoms with Crippen LogP contribution in [0, 0.1) is 27.7 Å². The van der Waals surface area contributed by atoms with Gasteiger partial charge in [-0.1, -0.05) is 215 Å². The number of benzene rings is 7. The largest absolute Gasteiger partial charge is 0.300 e. The van der Waals surface area contributed by atoms with Crippen molar-refractivity contribution >= 4 is 19.0 Å². The maximum atomic E-state index is 14.9. The molecule has 67 heavy (non-hydrogen) atoms. The predicted octanol–water partition coefficient (Wildman–Crippen LogP) is 17.7. The molecular formula is C65H73OP. The summed E-state index contributed by atoms with van der Waals surface area (Å²) in [5.41, 5.74) is 21.8. The minimum absolute atomic E-state index is 0.0176. The molecule has 0 amide bonds. The first-order chi connectivity index (χ1) is 32.2. The van der Waals surface area contributed by atoms with E-state index in [2.05, 4.69) is 235 Å². The summed E-state index contributed by atoms with van der Waals surface area (Å²) in [5, 5.41) is 1.48. The molecule has 0 aliphatic carbocycles. The molecule has 7 aromatic rings. The third-order valence-electron chi connectivity index (χ3n) is 14.9. The fourth-order valence-electron chi connectivity index (χ4n) is 12.0. The molecule has 0 saturated carbocycles. The first-order valence-electron chi connectivity index (χ1n) is 25.1. The van der Waals surface area contributed by atoms with E-state index in [1.807, 2.05) is 0 Å². The van der Waals surface area contributed by atoms with E-state index in [1.54, 1.807) is 0 Å². The van der Waals surface area contributed by atoms with E-state index in [0.717, 1.165) is 0 Å². The van der Waals surface area contributed by atoms with E-state index in [4.69, 9.17) is 0 Å². The SMILES string of the molecule is Cc1cccc(C)c1C1CC(=O)CC(c2c(C)cccc2C)P1c1c(C(c2ccccc2)c2c(C(C)C)cccc2C(C)C)cccc1C(c1ccccc1)c1c(C(C)C)cccc1C(C)C. The van der Waals surface area contributed by atoms with Gasteiger partial charge in [0.1, 0.15) is 5.78 Å². The summed E-state index contributed by atoms with van der Waals surface area (Å²) in [6, 6.07) is 58.0. The Hall–Kier alpha value is -5.36. The molecule has 1 saturated heterocycles. The maximum absolute atomic E-state index is 14.9. The fraction of sp³-hybridized carbons (Fsp3) is 0.338. The van der Waals surface area contributed by atoms with Crippen molar-refractivity contribution in [3.05, 3.63) is 241 Å². The van der Waals surface area contributed by atoms with Crippen LogP contribution in [0.4, 0.5) is 0 Å². The first kappa shape index (κ1) is 48.1. The van der Waals surface area contributed by atoms with Crippen LogP contribution in [-0.4, -0.2) is 5.78 Å². The van der Waals surface area contributed by atoms with E-state index in [0.29, 0.717) is 42.3 Å². The Labute approximate surface area is 405 Å². The van der Waals surface area contributed by atoms with Gasteiger partial charge in [-0.05, 0) is 146 Å².